The molecule has 32 heavy (non-hydrogen) atoms. The number of nitrogens with one attached hydrogen (secondary N) is 1. The van der Waals surface area contributed by atoms with Crippen molar-refractivity contribution >= 4 is 6.21 Å². The fourth-order valence-electron chi connectivity index (χ4n) is 4.82. The van der Waals surface area contributed by atoms with E-state index in [4.69, 9.17) is 10.3 Å². The maximum Gasteiger partial charge on any atom is 0.134 e. The number of aliphatic imine (C=N–C) groups is 1. The van der Waals surface area contributed by atoms with Crippen LogP contribution in [0.1, 0.15) is 64.1 Å². The van der Waals surface area contributed by atoms with Gasteiger partial charge in [-0.1, -0.05) is 18.2 Å². The third-order valence-electron chi connectivity index (χ3n) is 6.85. The Morgan fingerprint density at radius 2 is 2.09 bits per heavy atom. The van der Waals surface area contributed by atoms with Crippen molar-refractivity contribution in [3.63, 3.8) is 0 Å². The number of halogens is 1. The van der Waals surface area contributed by atoms with Gasteiger partial charge < -0.3 is 9.84 Å². The molecule has 0 aromatic heterocycles. The molecule has 0 aliphatic carbocycles. The zero-order valence-electron chi connectivity index (χ0n) is 18.9. The number of hydrogen-bond donors (Lipinski definition) is 2. The Morgan fingerprint density at radius 3 is 2.75 bits per heavy atom. The molecule has 3 atom stereocenters. The fourth-order valence-corrected chi connectivity index (χ4v) is 4.82. The van der Waals surface area contributed by atoms with Crippen LogP contribution in [0, 0.1) is 25.2 Å². The minimum absolute atomic E-state index is 0.185. The van der Waals surface area contributed by atoms with Crippen molar-refractivity contribution in [3.05, 3.63) is 69.0 Å². The second-order valence-corrected chi connectivity index (χ2v) is 8.80. The molecule has 7 heteroatoms. The summed E-state index contributed by atoms with van der Waals surface area (Å²) in [5.74, 6) is -0.321. The van der Waals surface area contributed by atoms with E-state index in [1.54, 1.807) is 19.2 Å². The van der Waals surface area contributed by atoms with E-state index < -0.39 is 12.3 Å². The first-order chi connectivity index (χ1) is 15.4. The summed E-state index contributed by atoms with van der Waals surface area (Å²) in [7, 11) is 1.61. The van der Waals surface area contributed by atoms with Gasteiger partial charge in [0.1, 0.15) is 18.1 Å². The van der Waals surface area contributed by atoms with E-state index in [1.165, 1.54) is 17.8 Å². The number of aliphatic hydroxyl groups is 1. The topological polar surface area (TPSA) is 81.3 Å². The number of rotatable bonds is 7. The maximum absolute atomic E-state index is 14.9. The number of nitrogens with zero attached hydrogens (tertiary/aromatic N) is 3. The van der Waals surface area contributed by atoms with Gasteiger partial charge in [0.25, 0.3) is 0 Å². The summed E-state index contributed by atoms with van der Waals surface area (Å²) in [5, 5.41) is 14.5. The molecular weight excluding hydrogens is 407 g/mol. The largest absolute Gasteiger partial charge is 0.377 e. The SMILES string of the molecule is CN=CC(N=N)c1ccc(Cc2cc3c(c(C)c2C)CN(CC2CCCO2)C3O)c(F)c1. The second kappa shape index (κ2) is 9.57. The third-order valence-corrected chi connectivity index (χ3v) is 6.85. The normalized spacial score (nSPS) is 21.9. The average molecular weight is 439 g/mol. The molecule has 6 nitrogen and oxygen atoms in total. The molecule has 0 bridgehead atoms. The Bertz CT molecular complexity index is 1030. The van der Waals surface area contributed by atoms with Crippen LogP contribution in [-0.4, -0.2) is 42.5 Å². The predicted octanol–water partition coefficient (Wildman–Crippen LogP) is 4.79. The lowest BCUT2D eigenvalue weighted by Crippen LogP contribution is -2.30. The van der Waals surface area contributed by atoms with Crippen molar-refractivity contribution in [3.8, 4) is 0 Å². The van der Waals surface area contributed by atoms with Crippen molar-refractivity contribution in [1.82, 2.24) is 4.90 Å². The average Bonchev–Trinajstić information content (AvgIpc) is 3.40. The molecule has 1 saturated heterocycles. The minimum atomic E-state index is -0.660. The van der Waals surface area contributed by atoms with Crippen LogP contribution in [0.3, 0.4) is 0 Å². The highest BCUT2D eigenvalue weighted by Gasteiger charge is 2.33. The fraction of sp³-hybridized carbons (Fsp3) is 0.480. The summed E-state index contributed by atoms with van der Waals surface area (Å²) in [4.78, 5) is 5.98. The maximum atomic E-state index is 14.9. The van der Waals surface area contributed by atoms with E-state index in [0.717, 1.165) is 48.2 Å². The molecule has 4 rings (SSSR count). The van der Waals surface area contributed by atoms with E-state index in [0.29, 0.717) is 24.1 Å². The van der Waals surface area contributed by atoms with Crippen LogP contribution in [-0.2, 0) is 17.7 Å². The van der Waals surface area contributed by atoms with Crippen molar-refractivity contribution < 1.29 is 14.2 Å². The lowest BCUT2D eigenvalue weighted by molar-refractivity contribution is -0.0214. The molecule has 2 aromatic carbocycles. The van der Waals surface area contributed by atoms with Crippen molar-refractivity contribution in [2.75, 3.05) is 20.2 Å². The van der Waals surface area contributed by atoms with Crippen LogP contribution in [0.5, 0.6) is 0 Å². The second-order valence-electron chi connectivity index (χ2n) is 8.80. The summed E-state index contributed by atoms with van der Waals surface area (Å²) < 4.78 is 20.7. The molecule has 0 spiro atoms. The number of benzene rings is 2. The first kappa shape index (κ1) is 22.7. The molecule has 2 aliphatic heterocycles. The monoisotopic (exact) mass is 438 g/mol. The first-order valence-electron chi connectivity index (χ1n) is 11.2. The highest BCUT2D eigenvalue weighted by molar-refractivity contribution is 5.67. The highest BCUT2D eigenvalue weighted by atomic mass is 19.1. The molecule has 0 saturated carbocycles. The predicted molar refractivity (Wildman–Crippen MR) is 122 cm³/mol. The first-order valence-corrected chi connectivity index (χ1v) is 11.2. The van der Waals surface area contributed by atoms with Gasteiger partial charge in [-0.25, -0.2) is 9.92 Å². The van der Waals surface area contributed by atoms with Crippen molar-refractivity contribution in [1.29, 1.82) is 5.53 Å². The summed E-state index contributed by atoms with van der Waals surface area (Å²) in [6.07, 6.45) is 3.61. The Hall–Kier alpha value is -2.48. The van der Waals surface area contributed by atoms with Gasteiger partial charge >= 0.3 is 0 Å². The van der Waals surface area contributed by atoms with E-state index >= 15 is 0 Å². The summed E-state index contributed by atoms with van der Waals surface area (Å²) >= 11 is 0. The number of aliphatic hydroxyl groups excluding tert-OH is 1. The lowest BCUT2D eigenvalue weighted by Gasteiger charge is -2.23. The van der Waals surface area contributed by atoms with Crippen LogP contribution in [0.15, 0.2) is 34.4 Å². The molecule has 2 N–H and O–H groups in total. The van der Waals surface area contributed by atoms with Gasteiger partial charge in [-0.15, -0.1) is 0 Å². The van der Waals surface area contributed by atoms with Crippen molar-refractivity contribution in [2.24, 2.45) is 10.1 Å². The zero-order chi connectivity index (χ0) is 22.8. The molecule has 2 heterocycles. The van der Waals surface area contributed by atoms with E-state index in [1.807, 2.05) is 6.07 Å². The van der Waals surface area contributed by atoms with Gasteiger partial charge in [0, 0.05) is 44.9 Å². The Morgan fingerprint density at radius 1 is 1.28 bits per heavy atom. The summed E-state index contributed by atoms with van der Waals surface area (Å²) in [6, 6.07) is 6.47. The quantitative estimate of drug-likeness (QED) is 0.482. The highest BCUT2D eigenvalue weighted by Crippen LogP contribution is 2.38. The van der Waals surface area contributed by atoms with E-state index in [2.05, 4.69) is 28.9 Å². The molecule has 170 valence electrons. The third kappa shape index (κ3) is 4.37. The van der Waals surface area contributed by atoms with Gasteiger partial charge in [-0.3, -0.25) is 9.89 Å². The van der Waals surface area contributed by atoms with Gasteiger partial charge in [0.15, 0.2) is 0 Å². The van der Waals surface area contributed by atoms with Gasteiger partial charge in [0.05, 0.1) is 6.10 Å². The standard InChI is InChI=1S/C25H31FN4O2/c1-15-16(2)22-14-30(13-20-5-4-8-32-20)25(31)21(22)10-19(15)9-17-6-7-18(11-23(17)26)24(29-27)12-28-3/h6-7,10-12,20,24-25,27,31H,4-5,8-9,13-14H2,1-3H3. The summed E-state index contributed by atoms with van der Waals surface area (Å²) in [6.45, 7) is 6.39. The van der Waals surface area contributed by atoms with Crippen LogP contribution < -0.4 is 0 Å². The van der Waals surface area contributed by atoms with E-state index in [-0.39, 0.29) is 11.9 Å². The Balaban J connectivity index is 1.58. The van der Waals surface area contributed by atoms with Crippen LogP contribution in [0.25, 0.3) is 0 Å². The molecule has 0 radical (unpaired) electrons. The number of fused-ring (bicyclic) bond motifs is 1. The smallest absolute Gasteiger partial charge is 0.134 e. The molecule has 0 amide bonds. The molecule has 1 fully saturated rings. The van der Waals surface area contributed by atoms with Gasteiger partial charge in [-0.2, -0.15) is 5.11 Å². The van der Waals surface area contributed by atoms with Crippen LogP contribution >= 0.6 is 0 Å². The summed E-state index contributed by atoms with van der Waals surface area (Å²) in [5.41, 5.74) is 13.9. The molecule has 2 aliphatic rings. The Kier molecular flexibility index (Phi) is 6.79. The molecular formula is C25H31FN4O2. The number of ether oxygens (including phenoxy) is 1. The van der Waals surface area contributed by atoms with Crippen molar-refractivity contribution in [2.45, 2.75) is 58.0 Å². The molecule has 2 aromatic rings. The Labute approximate surface area is 188 Å². The zero-order valence-corrected chi connectivity index (χ0v) is 18.9. The molecule has 3 unspecified atom stereocenters. The van der Waals surface area contributed by atoms with Crippen LogP contribution in [0.4, 0.5) is 4.39 Å². The lowest BCUT2D eigenvalue weighted by atomic mass is 9.90. The van der Waals surface area contributed by atoms with Gasteiger partial charge in [-0.05, 0) is 66.1 Å². The van der Waals surface area contributed by atoms with Crippen LogP contribution in [0.2, 0.25) is 0 Å². The minimum Gasteiger partial charge on any atom is -0.377 e. The number of hydrogen-bond acceptors (Lipinski definition) is 6. The van der Waals surface area contributed by atoms with E-state index in [9.17, 15) is 9.50 Å². The van der Waals surface area contributed by atoms with Gasteiger partial charge in [0.2, 0.25) is 0 Å².